The average molecular weight is 332 g/mol. The molecule has 0 fully saturated rings. The zero-order valence-electron chi connectivity index (χ0n) is 12.4. The number of hydrogen-bond donors (Lipinski definition) is 0. The van der Waals surface area contributed by atoms with Crippen molar-refractivity contribution >= 4 is 39.2 Å². The summed E-state index contributed by atoms with van der Waals surface area (Å²) in [5, 5.41) is 1.81. The quantitative estimate of drug-likeness (QED) is 0.674. The Morgan fingerprint density at radius 2 is 2.23 bits per heavy atom. The Bertz CT molecular complexity index is 763. The van der Waals surface area contributed by atoms with Crippen LogP contribution in [0.5, 0.6) is 0 Å². The molecule has 0 radical (unpaired) electrons. The summed E-state index contributed by atoms with van der Waals surface area (Å²) in [6.07, 6.45) is 3.61. The van der Waals surface area contributed by atoms with Gasteiger partial charge < -0.3 is 9.47 Å². The topological polar surface area (TPSA) is 51.0 Å². The van der Waals surface area contributed by atoms with Gasteiger partial charge in [0.15, 0.2) is 5.16 Å². The molecule has 0 aliphatic carbocycles. The predicted molar refractivity (Wildman–Crippen MR) is 90.0 cm³/mol. The van der Waals surface area contributed by atoms with E-state index in [4.69, 9.17) is 0 Å². The van der Waals surface area contributed by atoms with Crippen molar-refractivity contribution in [2.24, 2.45) is 7.05 Å². The fraction of sp³-hybridized carbons (Fsp3) is 0.267. The summed E-state index contributed by atoms with van der Waals surface area (Å²) in [5.41, 5.74) is 0.991. The standard InChI is InChI=1S/C15H16N4OS2/c1-18-8-7-16-15(18)21-10-14(20)19(2)9-13-17-11-5-3-4-6-12(11)22-13/h3-8H,9-10H2,1-2H3. The molecule has 114 valence electrons. The number of thioether (sulfide) groups is 1. The lowest BCUT2D eigenvalue weighted by Crippen LogP contribution is -2.27. The Kier molecular flexibility index (Phi) is 4.44. The molecule has 5 nitrogen and oxygen atoms in total. The van der Waals surface area contributed by atoms with E-state index in [-0.39, 0.29) is 5.91 Å². The van der Waals surface area contributed by atoms with E-state index in [0.717, 1.165) is 20.4 Å². The summed E-state index contributed by atoms with van der Waals surface area (Å²) in [6, 6.07) is 8.02. The number of hydrogen-bond acceptors (Lipinski definition) is 5. The van der Waals surface area contributed by atoms with Crippen LogP contribution in [-0.4, -0.2) is 38.1 Å². The molecule has 0 aliphatic heterocycles. The molecule has 3 aromatic rings. The van der Waals surface area contributed by atoms with Gasteiger partial charge in [0.25, 0.3) is 0 Å². The van der Waals surface area contributed by atoms with Gasteiger partial charge in [0.05, 0.1) is 22.5 Å². The van der Waals surface area contributed by atoms with Crippen LogP contribution in [-0.2, 0) is 18.4 Å². The predicted octanol–water partition coefficient (Wildman–Crippen LogP) is 2.78. The molecule has 2 aromatic heterocycles. The third-order valence-corrected chi connectivity index (χ3v) is 5.30. The maximum atomic E-state index is 12.2. The van der Waals surface area contributed by atoms with Crippen molar-refractivity contribution in [3.05, 3.63) is 41.7 Å². The lowest BCUT2D eigenvalue weighted by Gasteiger charge is -2.15. The number of rotatable bonds is 5. The van der Waals surface area contributed by atoms with Crippen molar-refractivity contribution < 1.29 is 4.79 Å². The number of carbonyl (C=O) groups is 1. The zero-order valence-corrected chi connectivity index (χ0v) is 14.0. The molecule has 0 aliphatic rings. The molecule has 0 N–H and O–H groups in total. The molecule has 3 rings (SSSR count). The van der Waals surface area contributed by atoms with Crippen molar-refractivity contribution in [1.82, 2.24) is 19.4 Å². The minimum atomic E-state index is 0.0762. The smallest absolute Gasteiger partial charge is 0.233 e. The molecule has 22 heavy (non-hydrogen) atoms. The summed E-state index contributed by atoms with van der Waals surface area (Å²) in [7, 11) is 3.73. The molecule has 1 aromatic carbocycles. The van der Waals surface area contributed by atoms with Crippen molar-refractivity contribution in [3.63, 3.8) is 0 Å². The molecule has 7 heteroatoms. The highest BCUT2D eigenvalue weighted by Gasteiger charge is 2.13. The van der Waals surface area contributed by atoms with E-state index in [1.807, 2.05) is 43.1 Å². The Hall–Kier alpha value is -1.86. The first-order chi connectivity index (χ1) is 10.6. The molecular weight excluding hydrogens is 316 g/mol. The van der Waals surface area contributed by atoms with Gasteiger partial charge in [-0.2, -0.15) is 0 Å². The first kappa shape index (κ1) is 15.1. The number of benzene rings is 1. The van der Waals surface area contributed by atoms with Gasteiger partial charge in [-0.15, -0.1) is 11.3 Å². The van der Waals surface area contributed by atoms with E-state index < -0.39 is 0 Å². The van der Waals surface area contributed by atoms with E-state index in [9.17, 15) is 4.79 Å². The van der Waals surface area contributed by atoms with Crippen LogP contribution in [0.2, 0.25) is 0 Å². The van der Waals surface area contributed by atoms with Crippen LogP contribution in [0.15, 0.2) is 41.8 Å². The van der Waals surface area contributed by atoms with Gasteiger partial charge in [-0.05, 0) is 12.1 Å². The normalized spacial score (nSPS) is 11.0. The highest BCUT2D eigenvalue weighted by atomic mass is 32.2. The average Bonchev–Trinajstić information content (AvgIpc) is 3.10. The van der Waals surface area contributed by atoms with Crippen LogP contribution in [0.3, 0.4) is 0 Å². The van der Waals surface area contributed by atoms with Gasteiger partial charge in [0, 0.05) is 26.5 Å². The minimum Gasteiger partial charge on any atom is -0.338 e. The van der Waals surface area contributed by atoms with Crippen LogP contribution in [0.1, 0.15) is 5.01 Å². The lowest BCUT2D eigenvalue weighted by atomic mass is 10.3. The van der Waals surface area contributed by atoms with Crippen LogP contribution < -0.4 is 0 Å². The van der Waals surface area contributed by atoms with Crippen LogP contribution >= 0.6 is 23.1 Å². The monoisotopic (exact) mass is 332 g/mol. The first-order valence-corrected chi connectivity index (χ1v) is 8.62. The molecule has 0 saturated heterocycles. The zero-order chi connectivity index (χ0) is 15.5. The molecule has 2 heterocycles. The first-order valence-electron chi connectivity index (χ1n) is 6.82. The number of nitrogens with zero attached hydrogens (tertiary/aromatic N) is 4. The fourth-order valence-electron chi connectivity index (χ4n) is 2.01. The van der Waals surface area contributed by atoms with Gasteiger partial charge in [-0.1, -0.05) is 23.9 Å². The van der Waals surface area contributed by atoms with Gasteiger partial charge in [-0.3, -0.25) is 4.79 Å². The molecule has 0 atom stereocenters. The van der Waals surface area contributed by atoms with Gasteiger partial charge in [-0.25, -0.2) is 9.97 Å². The highest BCUT2D eigenvalue weighted by molar-refractivity contribution is 7.99. The Labute approximate surface area is 137 Å². The van der Waals surface area contributed by atoms with Crippen LogP contribution in [0.25, 0.3) is 10.2 Å². The van der Waals surface area contributed by atoms with Crippen molar-refractivity contribution in [3.8, 4) is 0 Å². The van der Waals surface area contributed by atoms with Crippen molar-refractivity contribution in [2.75, 3.05) is 12.8 Å². The summed E-state index contributed by atoms with van der Waals surface area (Å²) >= 11 is 3.08. The maximum Gasteiger partial charge on any atom is 0.233 e. The lowest BCUT2D eigenvalue weighted by molar-refractivity contribution is -0.127. The van der Waals surface area contributed by atoms with Crippen LogP contribution in [0.4, 0.5) is 0 Å². The fourth-order valence-corrected chi connectivity index (χ4v) is 3.90. The van der Waals surface area contributed by atoms with Gasteiger partial charge in [0.2, 0.25) is 5.91 Å². The summed E-state index contributed by atoms with van der Waals surface area (Å²) in [4.78, 5) is 22.7. The second kappa shape index (κ2) is 6.50. The van der Waals surface area contributed by atoms with Gasteiger partial charge >= 0.3 is 0 Å². The number of thiazole rings is 1. The second-order valence-corrected chi connectivity index (χ2v) is 6.99. The number of para-hydroxylation sites is 1. The second-order valence-electron chi connectivity index (χ2n) is 4.93. The summed E-state index contributed by atoms with van der Waals surface area (Å²) in [6.45, 7) is 0.541. The van der Waals surface area contributed by atoms with Crippen molar-refractivity contribution in [2.45, 2.75) is 11.7 Å². The third-order valence-electron chi connectivity index (χ3n) is 3.24. The molecule has 0 saturated carbocycles. The number of aromatic nitrogens is 3. The molecule has 1 amide bonds. The van der Waals surface area contributed by atoms with Crippen molar-refractivity contribution in [1.29, 1.82) is 0 Å². The van der Waals surface area contributed by atoms with Gasteiger partial charge in [0.1, 0.15) is 5.01 Å². The number of fused-ring (bicyclic) bond motifs is 1. The third kappa shape index (κ3) is 3.31. The van der Waals surface area contributed by atoms with Crippen LogP contribution in [0, 0.1) is 0 Å². The van der Waals surface area contributed by atoms with E-state index in [2.05, 4.69) is 16.0 Å². The molecular formula is C15H16N4OS2. The Balaban J connectivity index is 1.59. The largest absolute Gasteiger partial charge is 0.338 e. The van der Waals surface area contributed by atoms with E-state index in [0.29, 0.717) is 12.3 Å². The number of aryl methyl sites for hydroxylation is 1. The molecule has 0 spiro atoms. The number of carbonyl (C=O) groups excluding carboxylic acids is 1. The number of imidazole rings is 1. The van der Waals surface area contributed by atoms with E-state index in [1.165, 1.54) is 11.8 Å². The maximum absolute atomic E-state index is 12.2. The Morgan fingerprint density at radius 1 is 1.41 bits per heavy atom. The Morgan fingerprint density at radius 3 is 2.95 bits per heavy atom. The minimum absolute atomic E-state index is 0.0762. The molecule has 0 bridgehead atoms. The van der Waals surface area contributed by atoms with E-state index >= 15 is 0 Å². The summed E-state index contributed by atoms with van der Waals surface area (Å²) < 4.78 is 3.06. The van der Waals surface area contributed by atoms with E-state index in [1.54, 1.807) is 22.4 Å². The molecule has 0 unspecified atom stereocenters. The highest BCUT2D eigenvalue weighted by Crippen LogP contribution is 2.22. The number of amides is 1. The summed E-state index contributed by atoms with van der Waals surface area (Å²) in [5.74, 6) is 0.457. The SMILES string of the molecule is CN(Cc1nc2ccccc2s1)C(=O)CSc1nccn1C.